The zero-order valence-electron chi connectivity index (χ0n) is 12.2. The molecule has 0 heterocycles. The van der Waals surface area contributed by atoms with Gasteiger partial charge in [-0.15, -0.1) is 0 Å². The van der Waals surface area contributed by atoms with E-state index in [9.17, 15) is 19.2 Å². The fourth-order valence-electron chi connectivity index (χ4n) is 1.51. The normalized spacial score (nSPS) is 13.1. The Morgan fingerprint density at radius 2 is 1.76 bits per heavy atom. The first-order chi connectivity index (χ1) is 9.68. The fraction of sp³-hybridized carbons (Fsp3) is 0.667. The zero-order valence-corrected chi connectivity index (χ0v) is 12.2. The molecule has 0 aliphatic rings. The van der Waals surface area contributed by atoms with Gasteiger partial charge < -0.3 is 26.2 Å². The van der Waals surface area contributed by atoms with Crippen molar-refractivity contribution in [2.24, 2.45) is 11.7 Å². The third-order valence-corrected chi connectivity index (χ3v) is 2.69. The van der Waals surface area contributed by atoms with Gasteiger partial charge in [-0.05, 0) is 12.3 Å². The summed E-state index contributed by atoms with van der Waals surface area (Å²) in [6.45, 7) is 3.40. The predicted octanol–water partition coefficient (Wildman–Crippen LogP) is -0.798. The monoisotopic (exact) mass is 303 g/mol. The van der Waals surface area contributed by atoms with E-state index in [1.807, 2.05) is 0 Å². The van der Waals surface area contributed by atoms with Gasteiger partial charge in [-0.25, -0.2) is 14.4 Å². The third kappa shape index (κ3) is 7.14. The van der Waals surface area contributed by atoms with Crippen LogP contribution in [0.15, 0.2) is 0 Å². The van der Waals surface area contributed by atoms with Gasteiger partial charge in [0.1, 0.15) is 12.1 Å². The molecule has 3 amide bonds. The Labute approximate surface area is 122 Å². The first-order valence-electron chi connectivity index (χ1n) is 6.35. The largest absolute Gasteiger partial charge is 0.480 e. The molecule has 0 aromatic carbocycles. The highest BCUT2D eigenvalue weighted by atomic mass is 16.5. The molecule has 0 aliphatic heterocycles. The number of methoxy groups -OCH3 is 1. The molecule has 0 saturated heterocycles. The first kappa shape index (κ1) is 18.7. The zero-order chi connectivity index (χ0) is 16.6. The molecule has 2 atom stereocenters. The van der Waals surface area contributed by atoms with Crippen molar-refractivity contribution in [1.29, 1.82) is 0 Å². The Morgan fingerprint density at radius 3 is 2.14 bits per heavy atom. The van der Waals surface area contributed by atoms with Crippen LogP contribution in [0.1, 0.15) is 26.7 Å². The van der Waals surface area contributed by atoms with Crippen LogP contribution in [0.2, 0.25) is 0 Å². The summed E-state index contributed by atoms with van der Waals surface area (Å²) in [6.07, 6.45) is -0.315. The molecular weight excluding hydrogens is 282 g/mol. The molecule has 0 spiro atoms. The number of hydrogen-bond acceptors (Lipinski definition) is 5. The molecule has 9 heteroatoms. The van der Waals surface area contributed by atoms with Crippen molar-refractivity contribution in [2.45, 2.75) is 38.8 Å². The molecule has 0 bridgehead atoms. The van der Waals surface area contributed by atoms with Crippen LogP contribution >= 0.6 is 0 Å². The molecule has 0 rings (SSSR count). The van der Waals surface area contributed by atoms with Gasteiger partial charge in [-0.1, -0.05) is 13.8 Å². The second kappa shape index (κ2) is 8.77. The number of aliphatic carboxylic acids is 1. The van der Waals surface area contributed by atoms with Crippen molar-refractivity contribution in [3.8, 4) is 0 Å². The third-order valence-electron chi connectivity index (χ3n) is 2.69. The van der Waals surface area contributed by atoms with E-state index >= 15 is 0 Å². The van der Waals surface area contributed by atoms with E-state index in [2.05, 4.69) is 15.4 Å². The van der Waals surface area contributed by atoms with Gasteiger partial charge in [0, 0.05) is 6.42 Å². The lowest BCUT2D eigenvalue weighted by atomic mass is 10.1. The molecule has 0 aromatic heterocycles. The number of primary amides is 1. The lowest BCUT2D eigenvalue weighted by Gasteiger charge is -2.21. The molecule has 21 heavy (non-hydrogen) atoms. The van der Waals surface area contributed by atoms with E-state index in [0.29, 0.717) is 0 Å². The number of carbonyl (C=O) groups is 4. The number of hydrogen-bond donors (Lipinski definition) is 4. The lowest BCUT2D eigenvalue weighted by Crippen LogP contribution is -2.53. The quantitative estimate of drug-likeness (QED) is 0.431. The maximum absolute atomic E-state index is 11.7. The number of nitrogens with two attached hydrogens (primary N) is 1. The molecule has 0 aromatic rings. The average molecular weight is 303 g/mol. The number of urea groups is 1. The van der Waals surface area contributed by atoms with Crippen molar-refractivity contribution in [1.82, 2.24) is 10.6 Å². The highest BCUT2D eigenvalue weighted by Gasteiger charge is 2.27. The SMILES string of the molecule is COC(=O)C(NC(=O)NC(CCC(N)=O)C(=O)O)C(C)C. The fourth-order valence-corrected chi connectivity index (χ4v) is 1.51. The standard InChI is InChI=1S/C12H21N3O6/c1-6(2)9(11(19)21-3)15-12(20)14-7(10(17)18)4-5-8(13)16/h6-7,9H,4-5H2,1-3H3,(H2,13,16)(H,17,18)(H2,14,15,20). The van der Waals surface area contributed by atoms with E-state index in [1.165, 1.54) is 7.11 Å². The highest BCUT2D eigenvalue weighted by molar-refractivity contribution is 5.87. The number of ether oxygens (including phenoxy) is 1. The van der Waals surface area contributed by atoms with Crippen molar-refractivity contribution in [2.75, 3.05) is 7.11 Å². The van der Waals surface area contributed by atoms with Gasteiger partial charge in [0.05, 0.1) is 7.11 Å². The minimum Gasteiger partial charge on any atom is -0.480 e. The van der Waals surface area contributed by atoms with Crippen molar-refractivity contribution in [3.63, 3.8) is 0 Å². The second-order valence-electron chi connectivity index (χ2n) is 4.76. The van der Waals surface area contributed by atoms with Crippen molar-refractivity contribution in [3.05, 3.63) is 0 Å². The summed E-state index contributed by atoms with van der Waals surface area (Å²) in [5, 5.41) is 13.5. The van der Waals surface area contributed by atoms with Gasteiger partial charge in [0.15, 0.2) is 0 Å². The summed E-state index contributed by atoms with van der Waals surface area (Å²) in [4.78, 5) is 44.8. The maximum Gasteiger partial charge on any atom is 0.328 e. The molecule has 0 saturated carbocycles. The molecule has 0 fully saturated rings. The molecule has 0 aliphatic carbocycles. The Kier molecular flexibility index (Phi) is 7.80. The molecular formula is C12H21N3O6. The Morgan fingerprint density at radius 1 is 1.19 bits per heavy atom. The molecule has 120 valence electrons. The number of nitrogens with one attached hydrogen (secondary N) is 2. The first-order valence-corrected chi connectivity index (χ1v) is 6.35. The summed E-state index contributed by atoms with van der Waals surface area (Å²) in [5.74, 6) is -2.84. The minimum atomic E-state index is -1.30. The van der Waals surface area contributed by atoms with Gasteiger partial charge in [0.25, 0.3) is 0 Å². The average Bonchev–Trinajstić information content (AvgIpc) is 2.38. The van der Waals surface area contributed by atoms with Crippen LogP contribution in [-0.4, -0.2) is 48.2 Å². The van der Waals surface area contributed by atoms with E-state index in [4.69, 9.17) is 10.8 Å². The van der Waals surface area contributed by atoms with Crippen LogP contribution in [0.4, 0.5) is 4.79 Å². The summed E-state index contributed by atoms with van der Waals surface area (Å²) in [6, 6.07) is -3.01. The smallest absolute Gasteiger partial charge is 0.328 e. The highest BCUT2D eigenvalue weighted by Crippen LogP contribution is 2.04. The number of carbonyl (C=O) groups excluding carboxylic acids is 3. The van der Waals surface area contributed by atoms with Crippen LogP contribution < -0.4 is 16.4 Å². The van der Waals surface area contributed by atoms with Gasteiger partial charge in [0.2, 0.25) is 5.91 Å². The van der Waals surface area contributed by atoms with Gasteiger partial charge in [-0.3, -0.25) is 4.79 Å². The molecule has 0 radical (unpaired) electrons. The van der Waals surface area contributed by atoms with Crippen molar-refractivity contribution < 1.29 is 29.0 Å². The maximum atomic E-state index is 11.7. The Balaban J connectivity index is 4.64. The Bertz CT molecular complexity index is 410. The number of carboxylic acids is 1. The van der Waals surface area contributed by atoms with Gasteiger partial charge >= 0.3 is 18.0 Å². The van der Waals surface area contributed by atoms with E-state index < -0.39 is 36.0 Å². The van der Waals surface area contributed by atoms with Crippen LogP contribution in [-0.2, 0) is 19.1 Å². The van der Waals surface area contributed by atoms with Crippen LogP contribution in [0.25, 0.3) is 0 Å². The van der Waals surface area contributed by atoms with Crippen LogP contribution in [0.3, 0.4) is 0 Å². The summed E-state index contributed by atoms with van der Waals surface area (Å²) < 4.78 is 4.55. The predicted molar refractivity (Wildman–Crippen MR) is 72.2 cm³/mol. The van der Waals surface area contributed by atoms with E-state index in [0.717, 1.165) is 0 Å². The summed E-state index contributed by atoms with van der Waals surface area (Å²) in [5.41, 5.74) is 4.93. The number of rotatable bonds is 8. The molecule has 2 unspecified atom stereocenters. The number of esters is 1. The number of amides is 3. The van der Waals surface area contributed by atoms with Crippen LogP contribution in [0.5, 0.6) is 0 Å². The lowest BCUT2D eigenvalue weighted by molar-refractivity contribution is -0.144. The van der Waals surface area contributed by atoms with Gasteiger partial charge in [-0.2, -0.15) is 0 Å². The molecule has 5 N–H and O–H groups in total. The minimum absolute atomic E-state index is 0.136. The van der Waals surface area contributed by atoms with Crippen molar-refractivity contribution >= 4 is 23.9 Å². The second-order valence-corrected chi connectivity index (χ2v) is 4.76. The topological polar surface area (TPSA) is 148 Å². The summed E-state index contributed by atoms with van der Waals surface area (Å²) in [7, 11) is 1.18. The van der Waals surface area contributed by atoms with Crippen LogP contribution in [0, 0.1) is 5.92 Å². The van der Waals surface area contributed by atoms with E-state index in [1.54, 1.807) is 13.8 Å². The van der Waals surface area contributed by atoms with E-state index in [-0.39, 0.29) is 18.8 Å². The summed E-state index contributed by atoms with van der Waals surface area (Å²) >= 11 is 0. The Hall–Kier alpha value is -2.32. The molecule has 9 nitrogen and oxygen atoms in total. The number of carboxylic acid groups (broad SMARTS) is 1.